The number of morpholine rings is 1. The van der Waals surface area contributed by atoms with Crippen LogP contribution in [0.15, 0.2) is 42.2 Å². The molecule has 1 fully saturated rings. The molecule has 11 heteroatoms. The quantitative estimate of drug-likeness (QED) is 0.499. The van der Waals surface area contributed by atoms with E-state index in [0.29, 0.717) is 55.4 Å². The van der Waals surface area contributed by atoms with Crippen molar-refractivity contribution in [2.45, 2.75) is 13.5 Å². The molecule has 32 heavy (non-hydrogen) atoms. The summed E-state index contributed by atoms with van der Waals surface area (Å²) in [6.45, 7) is 4.40. The molecule has 0 aliphatic carbocycles. The fraction of sp³-hybridized carbons (Fsp3) is 0.286. The van der Waals surface area contributed by atoms with Crippen LogP contribution in [0.2, 0.25) is 0 Å². The molecule has 0 unspecified atom stereocenters. The molecule has 0 saturated carbocycles. The molecule has 0 atom stereocenters. The number of hydrogen-bond acceptors (Lipinski definition) is 7. The summed E-state index contributed by atoms with van der Waals surface area (Å²) in [5, 5.41) is 13.5. The van der Waals surface area contributed by atoms with Crippen LogP contribution in [-0.2, 0) is 11.3 Å². The average Bonchev–Trinajstić information content (AvgIpc) is 3.58. The Bertz CT molecular complexity index is 1270. The van der Waals surface area contributed by atoms with E-state index in [2.05, 4.69) is 20.5 Å². The Morgan fingerprint density at radius 3 is 2.78 bits per heavy atom. The topological polar surface area (TPSA) is 107 Å². The number of ether oxygens (including phenoxy) is 1. The number of hydrogen-bond donors (Lipinski definition) is 1. The summed E-state index contributed by atoms with van der Waals surface area (Å²) in [6.07, 6.45) is 4.65. The Hall–Kier alpha value is -3.57. The van der Waals surface area contributed by atoms with E-state index in [4.69, 9.17) is 4.74 Å². The van der Waals surface area contributed by atoms with Crippen molar-refractivity contribution >= 4 is 34.5 Å². The van der Waals surface area contributed by atoms with Crippen LogP contribution in [0.5, 0.6) is 0 Å². The molecule has 1 aliphatic heterocycles. The summed E-state index contributed by atoms with van der Waals surface area (Å²) in [7, 11) is 0. The van der Waals surface area contributed by atoms with E-state index in [-0.39, 0.29) is 5.91 Å². The molecule has 4 aromatic rings. The minimum absolute atomic E-state index is 0.180. The Morgan fingerprint density at radius 2 is 2.03 bits per heavy atom. The van der Waals surface area contributed by atoms with Gasteiger partial charge in [0.1, 0.15) is 11.3 Å². The first-order chi connectivity index (χ1) is 15.7. The first-order valence-electron chi connectivity index (χ1n) is 10.3. The third-order valence-corrected chi connectivity index (χ3v) is 6.20. The second-order valence-corrected chi connectivity index (χ2v) is 8.13. The van der Waals surface area contributed by atoms with Gasteiger partial charge in [-0.05, 0) is 24.4 Å². The fourth-order valence-electron chi connectivity index (χ4n) is 3.71. The number of amides is 2. The van der Waals surface area contributed by atoms with E-state index in [1.165, 1.54) is 12.4 Å². The number of aryl methyl sites for hydroxylation is 1. The number of carbonyl (C=O) groups excluding carboxylic acids is 2. The molecule has 1 saturated heterocycles. The van der Waals surface area contributed by atoms with Gasteiger partial charge in [0, 0.05) is 25.8 Å². The van der Waals surface area contributed by atoms with Gasteiger partial charge < -0.3 is 15.0 Å². The first-order valence-corrected chi connectivity index (χ1v) is 11.2. The highest BCUT2D eigenvalue weighted by Gasteiger charge is 2.27. The molecule has 0 radical (unpaired) electrons. The van der Waals surface area contributed by atoms with Gasteiger partial charge in [0.05, 0.1) is 41.9 Å². The molecule has 0 spiro atoms. The highest BCUT2D eigenvalue weighted by Crippen LogP contribution is 2.26. The third kappa shape index (κ3) is 3.55. The lowest BCUT2D eigenvalue weighted by atomic mass is 10.2. The van der Waals surface area contributed by atoms with Crippen LogP contribution in [0, 0.1) is 0 Å². The monoisotopic (exact) mass is 451 g/mol. The van der Waals surface area contributed by atoms with Crippen LogP contribution >= 0.6 is 11.3 Å². The minimum Gasteiger partial charge on any atom is -0.378 e. The Balaban J connectivity index is 1.46. The van der Waals surface area contributed by atoms with Crippen molar-refractivity contribution in [2.75, 3.05) is 31.6 Å². The highest BCUT2D eigenvalue weighted by molar-refractivity contribution is 7.13. The second kappa shape index (κ2) is 8.52. The molecule has 5 heterocycles. The molecule has 0 aromatic carbocycles. The van der Waals surface area contributed by atoms with Gasteiger partial charge in [0.15, 0.2) is 5.65 Å². The van der Waals surface area contributed by atoms with Crippen LogP contribution in [0.4, 0.5) is 5.69 Å². The second-order valence-electron chi connectivity index (χ2n) is 7.18. The maximum absolute atomic E-state index is 13.2. The lowest BCUT2D eigenvalue weighted by Gasteiger charge is -2.27. The molecule has 2 amide bonds. The van der Waals surface area contributed by atoms with Crippen molar-refractivity contribution in [1.82, 2.24) is 29.3 Å². The van der Waals surface area contributed by atoms with E-state index < -0.39 is 5.91 Å². The zero-order chi connectivity index (χ0) is 22.1. The average molecular weight is 452 g/mol. The molecule has 0 bridgehead atoms. The lowest BCUT2D eigenvalue weighted by molar-refractivity contribution is 0.0295. The molecular weight excluding hydrogens is 430 g/mol. The highest BCUT2D eigenvalue weighted by atomic mass is 32.1. The van der Waals surface area contributed by atoms with E-state index >= 15 is 0 Å². The number of nitrogens with zero attached hydrogens (tertiary/aromatic N) is 6. The maximum atomic E-state index is 13.2. The van der Waals surface area contributed by atoms with E-state index in [9.17, 15) is 9.59 Å². The summed E-state index contributed by atoms with van der Waals surface area (Å²) in [4.78, 5) is 33.4. The molecule has 164 valence electrons. The van der Waals surface area contributed by atoms with Gasteiger partial charge in [0.2, 0.25) is 0 Å². The van der Waals surface area contributed by atoms with Gasteiger partial charge in [-0.2, -0.15) is 10.2 Å². The fourth-order valence-corrected chi connectivity index (χ4v) is 4.45. The largest absolute Gasteiger partial charge is 0.378 e. The molecule has 10 nitrogen and oxygen atoms in total. The number of nitrogens with one attached hydrogen (secondary N) is 1. The molecule has 1 N–H and O–H groups in total. The van der Waals surface area contributed by atoms with Crippen LogP contribution in [0.25, 0.3) is 16.2 Å². The predicted octanol–water partition coefficient (Wildman–Crippen LogP) is 2.40. The van der Waals surface area contributed by atoms with E-state index in [0.717, 1.165) is 10.6 Å². The molecule has 4 aromatic heterocycles. The number of aromatic nitrogens is 5. The van der Waals surface area contributed by atoms with Crippen molar-refractivity contribution in [3.63, 3.8) is 0 Å². The maximum Gasteiger partial charge on any atom is 0.274 e. The standard InChI is InChI=1S/C21H21N7O3S/c1-2-27-18(21(30)26-7-9-31-10-8-26)15(13-23-27)25-20(29)14-12-24-28-16(5-6-22-19(14)28)17-4-3-11-32-17/h3-6,11-13H,2,7-10H2,1H3,(H,25,29). The van der Waals surface area contributed by atoms with Crippen LogP contribution in [0.3, 0.4) is 0 Å². The van der Waals surface area contributed by atoms with Crippen molar-refractivity contribution in [3.05, 3.63) is 53.4 Å². The third-order valence-electron chi connectivity index (χ3n) is 5.31. The van der Waals surface area contributed by atoms with Gasteiger partial charge in [-0.3, -0.25) is 14.3 Å². The lowest BCUT2D eigenvalue weighted by Crippen LogP contribution is -2.41. The summed E-state index contributed by atoms with van der Waals surface area (Å²) in [5.41, 5.74) is 2.33. The van der Waals surface area contributed by atoms with E-state index in [1.54, 1.807) is 31.6 Å². The Labute approximate surface area is 187 Å². The smallest absolute Gasteiger partial charge is 0.274 e. The number of carbonyl (C=O) groups is 2. The van der Waals surface area contributed by atoms with Gasteiger partial charge in [-0.15, -0.1) is 11.3 Å². The Morgan fingerprint density at radius 1 is 1.19 bits per heavy atom. The summed E-state index contributed by atoms with van der Waals surface area (Å²) in [5.74, 6) is -0.580. The van der Waals surface area contributed by atoms with Gasteiger partial charge in [-0.1, -0.05) is 6.07 Å². The molecular formula is C21H21N7O3S. The summed E-state index contributed by atoms with van der Waals surface area (Å²) < 4.78 is 8.59. The van der Waals surface area contributed by atoms with Crippen LogP contribution < -0.4 is 5.32 Å². The number of fused-ring (bicyclic) bond motifs is 1. The Kier molecular flexibility index (Phi) is 5.41. The minimum atomic E-state index is -0.400. The zero-order valence-electron chi connectivity index (χ0n) is 17.4. The number of rotatable bonds is 5. The number of anilines is 1. The van der Waals surface area contributed by atoms with Gasteiger partial charge in [0.25, 0.3) is 11.8 Å². The van der Waals surface area contributed by atoms with Crippen LogP contribution in [0.1, 0.15) is 27.8 Å². The van der Waals surface area contributed by atoms with Crippen molar-refractivity contribution < 1.29 is 14.3 Å². The first kappa shape index (κ1) is 20.3. The number of thiophene rings is 1. The molecule has 5 rings (SSSR count). The summed E-state index contributed by atoms with van der Waals surface area (Å²) >= 11 is 1.58. The predicted molar refractivity (Wildman–Crippen MR) is 119 cm³/mol. The molecule has 1 aliphatic rings. The SMILES string of the molecule is CCn1ncc(NC(=O)c2cnn3c(-c4cccs4)ccnc23)c1C(=O)N1CCOCC1. The van der Waals surface area contributed by atoms with E-state index in [1.807, 2.05) is 30.5 Å². The normalized spacial score (nSPS) is 14.1. The summed E-state index contributed by atoms with van der Waals surface area (Å²) in [6, 6.07) is 5.81. The van der Waals surface area contributed by atoms with Gasteiger partial charge in [-0.25, -0.2) is 9.50 Å². The van der Waals surface area contributed by atoms with Crippen LogP contribution in [-0.4, -0.2) is 67.4 Å². The van der Waals surface area contributed by atoms with Gasteiger partial charge >= 0.3 is 0 Å². The van der Waals surface area contributed by atoms with Crippen molar-refractivity contribution in [1.29, 1.82) is 0 Å². The zero-order valence-corrected chi connectivity index (χ0v) is 18.2. The van der Waals surface area contributed by atoms with Crippen molar-refractivity contribution in [3.8, 4) is 10.6 Å². The van der Waals surface area contributed by atoms with Crippen molar-refractivity contribution in [2.24, 2.45) is 0 Å².